The second-order valence-electron chi connectivity index (χ2n) is 4.83. The van der Waals surface area contributed by atoms with E-state index in [1.165, 1.54) is 57.8 Å². The van der Waals surface area contributed by atoms with Gasteiger partial charge in [0.15, 0.2) is 0 Å². The maximum atomic E-state index is 10.1. The fourth-order valence-corrected chi connectivity index (χ4v) is 1.95. The number of hydrogen-bond acceptors (Lipinski definition) is 1. The Morgan fingerprint density at radius 1 is 0.647 bits per heavy atom. The molecule has 100 valence electrons. The van der Waals surface area contributed by atoms with E-state index in [2.05, 4.69) is 19.1 Å². The summed E-state index contributed by atoms with van der Waals surface area (Å²) in [7, 11) is 0. The van der Waals surface area contributed by atoms with Crippen molar-refractivity contribution in [2.75, 3.05) is 0 Å². The Balaban J connectivity index is 3.00. The second-order valence-corrected chi connectivity index (χ2v) is 4.83. The highest BCUT2D eigenvalue weighted by molar-refractivity contribution is 5.48. The van der Waals surface area contributed by atoms with E-state index < -0.39 is 0 Å². The van der Waals surface area contributed by atoms with Gasteiger partial charge in [0.2, 0.25) is 0 Å². The molecular weight excluding hydrogens is 208 g/mol. The summed E-state index contributed by atoms with van der Waals surface area (Å²) in [6.07, 6.45) is 20.7. The van der Waals surface area contributed by atoms with Crippen molar-refractivity contribution in [3.63, 3.8) is 0 Å². The highest BCUT2D eigenvalue weighted by Gasteiger charge is 1.90. The molecule has 0 aliphatic heterocycles. The van der Waals surface area contributed by atoms with Crippen LogP contribution in [0.25, 0.3) is 0 Å². The fraction of sp³-hybridized carbons (Fsp3) is 0.812. The largest absolute Gasteiger partial charge is 0.303 e. The van der Waals surface area contributed by atoms with Crippen LogP contribution in [0.15, 0.2) is 12.2 Å². The zero-order valence-electron chi connectivity index (χ0n) is 11.6. The van der Waals surface area contributed by atoms with Crippen LogP contribution in [0.4, 0.5) is 0 Å². The van der Waals surface area contributed by atoms with E-state index in [9.17, 15) is 4.79 Å². The molecule has 0 unspecified atom stereocenters. The van der Waals surface area contributed by atoms with Gasteiger partial charge in [-0.15, -0.1) is 0 Å². The Morgan fingerprint density at radius 3 is 1.76 bits per heavy atom. The number of carbonyl (C=O) groups excluding carboxylic acids is 1. The molecule has 0 atom stereocenters. The van der Waals surface area contributed by atoms with Crippen molar-refractivity contribution in [1.82, 2.24) is 0 Å². The highest BCUT2D eigenvalue weighted by Crippen LogP contribution is 2.09. The second kappa shape index (κ2) is 15.4. The van der Waals surface area contributed by atoms with Crippen LogP contribution < -0.4 is 0 Å². The van der Waals surface area contributed by atoms with Gasteiger partial charge in [-0.1, -0.05) is 64.0 Å². The van der Waals surface area contributed by atoms with Crippen LogP contribution in [-0.2, 0) is 4.79 Å². The predicted molar refractivity (Wildman–Crippen MR) is 76.3 cm³/mol. The molecule has 0 aromatic rings. The maximum Gasteiger partial charge on any atom is 0.120 e. The molecule has 0 aliphatic rings. The Labute approximate surface area is 108 Å². The summed E-state index contributed by atoms with van der Waals surface area (Å²) in [4.78, 5) is 10.1. The maximum absolute atomic E-state index is 10.1. The fourth-order valence-electron chi connectivity index (χ4n) is 1.95. The Morgan fingerprint density at radius 2 is 1.18 bits per heavy atom. The van der Waals surface area contributed by atoms with Gasteiger partial charge in [-0.2, -0.15) is 0 Å². The Hall–Kier alpha value is -0.590. The van der Waals surface area contributed by atoms with Crippen molar-refractivity contribution < 1.29 is 4.79 Å². The molecule has 1 heteroatoms. The topological polar surface area (TPSA) is 17.1 Å². The summed E-state index contributed by atoms with van der Waals surface area (Å²) in [5.74, 6) is 0. The number of carbonyl (C=O) groups is 1. The third-order valence-corrected chi connectivity index (χ3v) is 3.08. The first-order chi connectivity index (χ1) is 8.41. The predicted octanol–water partition coefficient (Wildman–Crippen LogP) is 5.44. The summed E-state index contributed by atoms with van der Waals surface area (Å²) >= 11 is 0. The minimum absolute atomic E-state index is 0.710. The monoisotopic (exact) mass is 238 g/mol. The summed E-state index contributed by atoms with van der Waals surface area (Å²) in [6, 6.07) is 0. The van der Waals surface area contributed by atoms with Crippen molar-refractivity contribution in [2.24, 2.45) is 0 Å². The number of unbranched alkanes of at least 4 members (excludes halogenated alkanes) is 10. The minimum atomic E-state index is 0.710. The number of hydrogen-bond donors (Lipinski definition) is 0. The van der Waals surface area contributed by atoms with E-state index in [1.807, 2.05) is 0 Å². The van der Waals surface area contributed by atoms with Crippen LogP contribution in [0, 0.1) is 0 Å². The zero-order chi connectivity index (χ0) is 12.6. The van der Waals surface area contributed by atoms with Gasteiger partial charge in [0.05, 0.1) is 0 Å². The van der Waals surface area contributed by atoms with Crippen LogP contribution in [0.5, 0.6) is 0 Å². The first kappa shape index (κ1) is 16.4. The summed E-state index contributed by atoms with van der Waals surface area (Å²) in [5.41, 5.74) is 0. The molecule has 0 heterocycles. The van der Waals surface area contributed by atoms with Crippen molar-refractivity contribution in [3.05, 3.63) is 12.2 Å². The molecule has 0 bridgehead atoms. The number of allylic oxidation sites excluding steroid dienone is 2. The van der Waals surface area contributed by atoms with Gasteiger partial charge in [-0.05, 0) is 25.7 Å². The van der Waals surface area contributed by atoms with Crippen molar-refractivity contribution in [1.29, 1.82) is 0 Å². The summed E-state index contributed by atoms with van der Waals surface area (Å²) < 4.78 is 0. The average molecular weight is 238 g/mol. The van der Waals surface area contributed by atoms with Crippen molar-refractivity contribution in [3.8, 4) is 0 Å². The van der Waals surface area contributed by atoms with Crippen molar-refractivity contribution >= 4 is 6.29 Å². The van der Waals surface area contributed by atoms with Gasteiger partial charge < -0.3 is 4.79 Å². The lowest BCUT2D eigenvalue weighted by Crippen LogP contribution is -1.80. The Kier molecular flexibility index (Phi) is 14.9. The molecule has 0 radical (unpaired) electrons. The van der Waals surface area contributed by atoms with Crippen LogP contribution >= 0.6 is 0 Å². The smallest absolute Gasteiger partial charge is 0.120 e. The molecule has 1 nitrogen and oxygen atoms in total. The number of aldehydes is 1. The normalized spacial score (nSPS) is 11.1. The van der Waals surface area contributed by atoms with Crippen LogP contribution in [0.3, 0.4) is 0 Å². The first-order valence-electron chi connectivity index (χ1n) is 7.50. The van der Waals surface area contributed by atoms with Gasteiger partial charge in [-0.25, -0.2) is 0 Å². The first-order valence-corrected chi connectivity index (χ1v) is 7.50. The van der Waals surface area contributed by atoms with E-state index in [-0.39, 0.29) is 0 Å². The van der Waals surface area contributed by atoms with Gasteiger partial charge in [0.1, 0.15) is 6.29 Å². The molecule has 0 aromatic heterocycles. The van der Waals surface area contributed by atoms with Crippen LogP contribution in [-0.4, -0.2) is 6.29 Å². The molecule has 0 aliphatic carbocycles. The third kappa shape index (κ3) is 15.4. The van der Waals surface area contributed by atoms with Crippen molar-refractivity contribution in [2.45, 2.75) is 84.0 Å². The summed E-state index contributed by atoms with van der Waals surface area (Å²) in [6.45, 7) is 2.27. The minimum Gasteiger partial charge on any atom is -0.303 e. The molecule has 0 rings (SSSR count). The average Bonchev–Trinajstić information content (AvgIpc) is 2.35. The molecule has 0 saturated heterocycles. The molecule has 0 spiro atoms. The molecule has 0 saturated carbocycles. The zero-order valence-corrected chi connectivity index (χ0v) is 11.6. The molecule has 0 amide bonds. The van der Waals surface area contributed by atoms with E-state index in [0.717, 1.165) is 19.1 Å². The lowest BCUT2D eigenvalue weighted by Gasteiger charge is -1.99. The number of rotatable bonds is 13. The lowest BCUT2D eigenvalue weighted by molar-refractivity contribution is -0.107. The molecule has 17 heavy (non-hydrogen) atoms. The van der Waals surface area contributed by atoms with Crippen LogP contribution in [0.2, 0.25) is 0 Å². The third-order valence-electron chi connectivity index (χ3n) is 3.08. The summed E-state index contributed by atoms with van der Waals surface area (Å²) in [5, 5.41) is 0. The quantitative estimate of drug-likeness (QED) is 0.237. The molecular formula is C16H30O. The SMILES string of the molecule is CCCCCCCCCC/C=C\CCCC=O. The molecule has 0 fully saturated rings. The standard InChI is InChI=1S/C16H30O/c1-2-3-4-5-6-7-8-9-10-11-12-13-14-15-16-17/h11-12,16H,2-10,13-15H2,1H3/b12-11-. The van der Waals surface area contributed by atoms with Gasteiger partial charge in [-0.3, -0.25) is 0 Å². The Bertz CT molecular complexity index is 172. The van der Waals surface area contributed by atoms with E-state index >= 15 is 0 Å². The van der Waals surface area contributed by atoms with E-state index in [0.29, 0.717) is 6.42 Å². The van der Waals surface area contributed by atoms with Gasteiger partial charge in [0.25, 0.3) is 0 Å². The highest BCUT2D eigenvalue weighted by atomic mass is 16.1. The van der Waals surface area contributed by atoms with Crippen LogP contribution in [0.1, 0.15) is 84.0 Å². The molecule has 0 aromatic carbocycles. The van der Waals surface area contributed by atoms with E-state index in [1.54, 1.807) is 0 Å². The van der Waals surface area contributed by atoms with Gasteiger partial charge >= 0.3 is 0 Å². The van der Waals surface area contributed by atoms with Gasteiger partial charge in [0, 0.05) is 6.42 Å². The lowest BCUT2D eigenvalue weighted by atomic mass is 10.1. The molecule has 0 N–H and O–H groups in total. The van der Waals surface area contributed by atoms with E-state index in [4.69, 9.17) is 0 Å².